The molecule has 0 atom stereocenters. The molecule has 1 aromatic carbocycles. The molecule has 1 aromatic rings. The van der Waals surface area contributed by atoms with Gasteiger partial charge in [-0.15, -0.1) is 0 Å². The first-order valence-corrected chi connectivity index (χ1v) is 7.84. The fourth-order valence-electron chi connectivity index (χ4n) is 2.69. The van der Waals surface area contributed by atoms with Crippen molar-refractivity contribution in [2.24, 2.45) is 5.41 Å². The molecule has 0 aromatic heterocycles. The summed E-state index contributed by atoms with van der Waals surface area (Å²) < 4.78 is 11.6. The maximum Gasteiger partial charge on any atom is 0.120 e. The van der Waals surface area contributed by atoms with Crippen LogP contribution in [-0.4, -0.2) is 19.3 Å². The van der Waals surface area contributed by atoms with Crippen LogP contribution in [0.4, 0.5) is 0 Å². The zero-order valence-corrected chi connectivity index (χ0v) is 13.1. The third-order valence-corrected chi connectivity index (χ3v) is 4.16. The van der Waals surface area contributed by atoms with Crippen LogP contribution in [0.2, 0.25) is 0 Å². The summed E-state index contributed by atoms with van der Waals surface area (Å²) in [4.78, 5) is 0. The summed E-state index contributed by atoms with van der Waals surface area (Å²) in [6.45, 7) is 6.06. The summed E-state index contributed by atoms with van der Waals surface area (Å²) >= 11 is 0. The summed E-state index contributed by atoms with van der Waals surface area (Å²) in [6, 6.07) is 9.38. The maximum atomic E-state index is 8.83. The summed E-state index contributed by atoms with van der Waals surface area (Å²) in [5.41, 5.74) is 1.13. The van der Waals surface area contributed by atoms with Crippen LogP contribution in [0.3, 0.4) is 0 Å². The Hall–Kier alpha value is -1.53. The minimum Gasteiger partial charge on any atom is -0.493 e. The lowest BCUT2D eigenvalue weighted by Gasteiger charge is -2.34. The number of hydrogen-bond acceptors (Lipinski definition) is 3. The van der Waals surface area contributed by atoms with Gasteiger partial charge in [-0.25, -0.2) is 0 Å². The van der Waals surface area contributed by atoms with Crippen molar-refractivity contribution in [2.75, 3.05) is 13.2 Å². The molecule has 3 heteroatoms. The van der Waals surface area contributed by atoms with Gasteiger partial charge in [0.25, 0.3) is 0 Å². The summed E-state index contributed by atoms with van der Waals surface area (Å²) in [5.74, 6) is 0.758. The first-order chi connectivity index (χ1) is 10.1. The third-order valence-electron chi connectivity index (χ3n) is 4.16. The molecular formula is C18H25NO2. The van der Waals surface area contributed by atoms with Crippen LogP contribution in [0.15, 0.2) is 24.3 Å². The highest BCUT2D eigenvalue weighted by atomic mass is 16.5. The molecule has 0 N–H and O–H groups in total. The Morgan fingerprint density at radius 1 is 1.24 bits per heavy atom. The number of ether oxygens (including phenoxy) is 2. The number of hydrogen-bond donors (Lipinski definition) is 0. The molecule has 1 aliphatic rings. The van der Waals surface area contributed by atoms with Crippen molar-refractivity contribution in [1.82, 2.24) is 0 Å². The molecule has 0 bridgehead atoms. The zero-order valence-electron chi connectivity index (χ0n) is 13.1. The van der Waals surface area contributed by atoms with E-state index >= 15 is 0 Å². The van der Waals surface area contributed by atoms with Crippen molar-refractivity contribution < 1.29 is 9.47 Å². The van der Waals surface area contributed by atoms with Gasteiger partial charge in [0.15, 0.2) is 0 Å². The normalized spacial score (nSPS) is 18.1. The molecule has 0 amide bonds. The molecule has 0 saturated heterocycles. The molecule has 0 radical (unpaired) electrons. The lowest BCUT2D eigenvalue weighted by molar-refractivity contribution is 0.000111. The van der Waals surface area contributed by atoms with Crippen LogP contribution in [0.25, 0.3) is 0 Å². The first kappa shape index (κ1) is 15.9. The predicted molar refractivity (Wildman–Crippen MR) is 83.3 cm³/mol. The van der Waals surface area contributed by atoms with Crippen LogP contribution in [0.1, 0.15) is 51.5 Å². The van der Waals surface area contributed by atoms with Crippen molar-refractivity contribution in [3.63, 3.8) is 0 Å². The fraction of sp³-hybridized carbons (Fsp3) is 0.611. The molecule has 2 rings (SSSR count). The molecule has 0 spiro atoms. The van der Waals surface area contributed by atoms with Gasteiger partial charge in [0, 0.05) is 6.42 Å². The third kappa shape index (κ3) is 5.40. The van der Waals surface area contributed by atoms with Gasteiger partial charge >= 0.3 is 0 Å². The number of nitriles is 1. The van der Waals surface area contributed by atoms with Crippen molar-refractivity contribution >= 4 is 0 Å². The van der Waals surface area contributed by atoms with Crippen molar-refractivity contribution in [1.29, 1.82) is 5.26 Å². The highest BCUT2D eigenvalue weighted by Crippen LogP contribution is 2.36. The van der Waals surface area contributed by atoms with Gasteiger partial charge < -0.3 is 9.47 Å². The van der Waals surface area contributed by atoms with E-state index in [2.05, 4.69) is 19.9 Å². The lowest BCUT2D eigenvalue weighted by atomic mass is 9.76. The highest BCUT2D eigenvalue weighted by molar-refractivity contribution is 5.36. The van der Waals surface area contributed by atoms with Crippen LogP contribution in [-0.2, 0) is 4.74 Å². The van der Waals surface area contributed by atoms with Gasteiger partial charge in [0.05, 0.1) is 31.0 Å². The number of rotatable bonds is 6. The molecule has 0 unspecified atom stereocenters. The van der Waals surface area contributed by atoms with Crippen LogP contribution in [0, 0.1) is 16.7 Å². The van der Waals surface area contributed by atoms with Crippen LogP contribution < -0.4 is 4.74 Å². The second-order valence-corrected chi connectivity index (χ2v) is 6.58. The van der Waals surface area contributed by atoms with Crippen LogP contribution >= 0.6 is 0 Å². The van der Waals surface area contributed by atoms with E-state index in [0.717, 1.165) is 18.8 Å². The van der Waals surface area contributed by atoms with E-state index in [0.29, 0.717) is 23.7 Å². The van der Waals surface area contributed by atoms with Gasteiger partial charge in [-0.3, -0.25) is 0 Å². The largest absolute Gasteiger partial charge is 0.493 e. The van der Waals surface area contributed by atoms with Crippen molar-refractivity contribution in [3.05, 3.63) is 29.8 Å². The van der Waals surface area contributed by atoms with E-state index < -0.39 is 0 Å². The average Bonchev–Trinajstić information content (AvgIpc) is 2.49. The van der Waals surface area contributed by atoms with Gasteiger partial charge in [-0.1, -0.05) is 19.9 Å². The molecule has 0 aliphatic heterocycles. The first-order valence-electron chi connectivity index (χ1n) is 7.84. The van der Waals surface area contributed by atoms with E-state index in [1.54, 1.807) is 12.1 Å². The predicted octanol–water partition coefficient (Wildman–Crippen LogP) is 4.31. The molecule has 3 nitrogen and oxygen atoms in total. The Labute approximate surface area is 127 Å². The fourth-order valence-corrected chi connectivity index (χ4v) is 2.69. The minimum absolute atomic E-state index is 0.431. The Morgan fingerprint density at radius 2 is 2.00 bits per heavy atom. The Morgan fingerprint density at radius 3 is 2.71 bits per heavy atom. The SMILES string of the molecule is CC1(C)CCC(OCCCOc2cccc(C#N)c2)CC1. The molecule has 1 fully saturated rings. The van der Waals surface area contributed by atoms with Crippen molar-refractivity contribution in [3.8, 4) is 11.8 Å². The topological polar surface area (TPSA) is 42.2 Å². The molecule has 0 heterocycles. The van der Waals surface area contributed by atoms with Gasteiger partial charge in [0.1, 0.15) is 5.75 Å². The van der Waals surface area contributed by atoms with Crippen molar-refractivity contribution in [2.45, 2.75) is 52.1 Å². The van der Waals surface area contributed by atoms with E-state index in [1.807, 2.05) is 12.1 Å². The van der Waals surface area contributed by atoms with Gasteiger partial charge in [-0.05, 0) is 49.3 Å². The minimum atomic E-state index is 0.431. The average molecular weight is 287 g/mol. The Balaban J connectivity index is 1.59. The molecule has 1 aliphatic carbocycles. The van der Waals surface area contributed by atoms with Crippen LogP contribution in [0.5, 0.6) is 5.75 Å². The van der Waals surface area contributed by atoms with E-state index in [4.69, 9.17) is 14.7 Å². The highest BCUT2D eigenvalue weighted by Gasteiger charge is 2.26. The van der Waals surface area contributed by atoms with E-state index in [1.165, 1.54) is 25.7 Å². The maximum absolute atomic E-state index is 8.83. The summed E-state index contributed by atoms with van der Waals surface area (Å²) in [7, 11) is 0. The van der Waals surface area contributed by atoms with E-state index in [9.17, 15) is 0 Å². The van der Waals surface area contributed by atoms with Gasteiger partial charge in [-0.2, -0.15) is 5.26 Å². The standard InChI is InChI=1S/C18H25NO2/c1-18(2)9-7-16(8-10-18)20-11-4-12-21-17-6-3-5-15(13-17)14-19/h3,5-6,13,16H,4,7-12H2,1-2H3. The monoisotopic (exact) mass is 287 g/mol. The van der Waals surface area contributed by atoms with E-state index in [-0.39, 0.29) is 0 Å². The quantitative estimate of drug-likeness (QED) is 0.732. The second-order valence-electron chi connectivity index (χ2n) is 6.58. The molecular weight excluding hydrogens is 262 g/mol. The molecule has 1 saturated carbocycles. The van der Waals surface area contributed by atoms with Gasteiger partial charge in [0.2, 0.25) is 0 Å². The number of benzene rings is 1. The smallest absolute Gasteiger partial charge is 0.120 e. The Bertz CT molecular complexity index is 480. The molecule has 21 heavy (non-hydrogen) atoms. The molecule has 114 valence electrons. The summed E-state index contributed by atoms with van der Waals surface area (Å²) in [6.07, 6.45) is 6.19. The Kier molecular flexibility index (Phi) is 5.64. The zero-order chi connectivity index (χ0) is 15.1. The number of nitrogens with zero attached hydrogens (tertiary/aromatic N) is 1. The summed E-state index contributed by atoms with van der Waals surface area (Å²) in [5, 5.41) is 8.83. The second kappa shape index (κ2) is 7.47. The lowest BCUT2D eigenvalue weighted by Crippen LogP contribution is -2.26.